The van der Waals surface area contributed by atoms with Crippen LogP contribution in [0.2, 0.25) is 0 Å². The number of rotatable bonds is 4. The zero-order valence-corrected chi connectivity index (χ0v) is 17.0. The highest BCUT2D eigenvalue weighted by Crippen LogP contribution is 2.46. The molecular formula is C21H32N4O2. The van der Waals surface area contributed by atoms with Crippen molar-refractivity contribution in [1.82, 2.24) is 14.9 Å². The van der Waals surface area contributed by atoms with Gasteiger partial charge in [0.15, 0.2) is 0 Å². The Bertz CT molecular complexity index is 722. The minimum Gasteiger partial charge on any atom is -0.376 e. The summed E-state index contributed by atoms with van der Waals surface area (Å²) in [6.07, 6.45) is 5.98. The molecule has 27 heavy (non-hydrogen) atoms. The lowest BCUT2D eigenvalue weighted by atomic mass is 9.90. The summed E-state index contributed by atoms with van der Waals surface area (Å²) in [7, 11) is 0. The zero-order valence-electron chi connectivity index (χ0n) is 17.0. The van der Waals surface area contributed by atoms with E-state index >= 15 is 0 Å². The lowest BCUT2D eigenvalue weighted by Gasteiger charge is -2.38. The SMILES string of the molecule is Cc1nc2c(c(NCC3CCCO3)n1)C1CCC(C2)N1C(=O)CC(C)(C)C. The molecule has 1 aromatic heterocycles. The van der Waals surface area contributed by atoms with Crippen LogP contribution in [-0.2, 0) is 16.0 Å². The molecule has 6 heteroatoms. The number of carbonyl (C=O) groups is 1. The maximum absolute atomic E-state index is 13.1. The summed E-state index contributed by atoms with van der Waals surface area (Å²) in [5.41, 5.74) is 2.28. The van der Waals surface area contributed by atoms with E-state index < -0.39 is 0 Å². The second kappa shape index (κ2) is 7.04. The standard InChI is InChI=1S/C21H32N4O2/c1-13-23-16-10-14-7-8-17(25(14)18(26)11-21(2,3)4)19(16)20(24-13)22-12-15-6-5-9-27-15/h14-15,17H,5-12H2,1-4H3,(H,22,23,24). The maximum atomic E-state index is 13.1. The number of fused-ring (bicyclic) bond motifs is 4. The molecule has 6 nitrogen and oxygen atoms in total. The van der Waals surface area contributed by atoms with Gasteiger partial charge in [-0.2, -0.15) is 0 Å². The summed E-state index contributed by atoms with van der Waals surface area (Å²) in [5, 5.41) is 3.53. The Hall–Kier alpha value is -1.69. The average Bonchev–Trinajstić information content (AvgIpc) is 3.18. The summed E-state index contributed by atoms with van der Waals surface area (Å²) in [4.78, 5) is 24.7. The van der Waals surface area contributed by atoms with E-state index in [2.05, 4.69) is 31.0 Å². The molecule has 1 N–H and O–H groups in total. The topological polar surface area (TPSA) is 67.4 Å². The number of aryl methyl sites for hydroxylation is 1. The molecule has 4 rings (SSSR count). The number of hydrogen-bond acceptors (Lipinski definition) is 5. The van der Waals surface area contributed by atoms with E-state index in [0.717, 1.165) is 68.2 Å². The van der Waals surface area contributed by atoms with Crippen LogP contribution in [0.1, 0.15) is 76.0 Å². The molecule has 4 heterocycles. The number of aromatic nitrogens is 2. The van der Waals surface area contributed by atoms with Gasteiger partial charge >= 0.3 is 0 Å². The van der Waals surface area contributed by atoms with Gasteiger partial charge in [0.1, 0.15) is 11.6 Å². The number of nitrogens with zero attached hydrogens (tertiary/aromatic N) is 3. The van der Waals surface area contributed by atoms with Gasteiger partial charge in [0.25, 0.3) is 0 Å². The number of amides is 1. The zero-order chi connectivity index (χ0) is 19.2. The van der Waals surface area contributed by atoms with E-state index in [9.17, 15) is 4.79 Å². The Labute approximate surface area is 162 Å². The molecule has 2 saturated heterocycles. The Morgan fingerprint density at radius 3 is 2.78 bits per heavy atom. The van der Waals surface area contributed by atoms with Crippen molar-refractivity contribution in [2.45, 2.75) is 84.4 Å². The highest BCUT2D eigenvalue weighted by molar-refractivity contribution is 5.79. The summed E-state index contributed by atoms with van der Waals surface area (Å²) in [6, 6.07) is 0.402. The van der Waals surface area contributed by atoms with Gasteiger partial charge in [-0.05, 0) is 38.0 Å². The second-order valence-corrected chi connectivity index (χ2v) is 9.49. The first-order valence-electron chi connectivity index (χ1n) is 10.4. The molecule has 3 atom stereocenters. The van der Waals surface area contributed by atoms with Gasteiger partial charge in [-0.1, -0.05) is 20.8 Å². The second-order valence-electron chi connectivity index (χ2n) is 9.49. The summed E-state index contributed by atoms with van der Waals surface area (Å²) in [6.45, 7) is 9.97. The van der Waals surface area contributed by atoms with Gasteiger partial charge in [-0.3, -0.25) is 4.79 Å². The van der Waals surface area contributed by atoms with Crippen LogP contribution in [0.15, 0.2) is 0 Å². The predicted octanol–water partition coefficient (Wildman–Crippen LogP) is 3.40. The van der Waals surface area contributed by atoms with Crippen LogP contribution < -0.4 is 5.32 Å². The van der Waals surface area contributed by atoms with Gasteiger partial charge < -0.3 is 15.0 Å². The molecule has 0 radical (unpaired) electrons. The maximum Gasteiger partial charge on any atom is 0.223 e. The van der Waals surface area contributed by atoms with Crippen molar-refractivity contribution in [1.29, 1.82) is 0 Å². The van der Waals surface area contributed by atoms with Gasteiger partial charge in [0.05, 0.1) is 17.8 Å². The van der Waals surface area contributed by atoms with E-state index in [-0.39, 0.29) is 29.5 Å². The highest BCUT2D eigenvalue weighted by Gasteiger charge is 2.45. The molecule has 3 unspecified atom stereocenters. The molecule has 0 spiro atoms. The Balaban J connectivity index is 1.61. The number of hydrogen-bond donors (Lipinski definition) is 1. The van der Waals surface area contributed by atoms with Crippen molar-refractivity contribution >= 4 is 11.7 Å². The summed E-state index contributed by atoms with van der Waals surface area (Å²) >= 11 is 0. The average molecular weight is 373 g/mol. The lowest BCUT2D eigenvalue weighted by Crippen LogP contribution is -2.44. The first-order chi connectivity index (χ1) is 12.8. The first-order valence-corrected chi connectivity index (χ1v) is 10.4. The van der Waals surface area contributed by atoms with Crippen molar-refractivity contribution in [2.75, 3.05) is 18.5 Å². The van der Waals surface area contributed by atoms with E-state index in [0.29, 0.717) is 6.42 Å². The molecular weight excluding hydrogens is 340 g/mol. The highest BCUT2D eigenvalue weighted by atomic mass is 16.5. The van der Waals surface area contributed by atoms with Crippen LogP contribution in [0.3, 0.4) is 0 Å². The smallest absolute Gasteiger partial charge is 0.223 e. The normalized spacial score (nSPS) is 27.0. The van der Waals surface area contributed by atoms with E-state index in [4.69, 9.17) is 14.7 Å². The molecule has 2 bridgehead atoms. The minimum atomic E-state index is 0.00146. The number of carbonyl (C=O) groups excluding carboxylic acids is 1. The molecule has 3 aliphatic heterocycles. The number of nitrogens with one attached hydrogen (secondary N) is 1. The Kier molecular flexibility index (Phi) is 4.87. The van der Waals surface area contributed by atoms with Crippen LogP contribution in [0.4, 0.5) is 5.82 Å². The van der Waals surface area contributed by atoms with Crippen molar-refractivity contribution in [3.05, 3.63) is 17.1 Å². The van der Waals surface area contributed by atoms with Crippen molar-refractivity contribution in [2.24, 2.45) is 5.41 Å². The monoisotopic (exact) mass is 372 g/mol. The van der Waals surface area contributed by atoms with Crippen LogP contribution in [-0.4, -0.2) is 46.1 Å². The van der Waals surface area contributed by atoms with Crippen LogP contribution in [0, 0.1) is 12.3 Å². The minimum absolute atomic E-state index is 0.00146. The van der Waals surface area contributed by atoms with Crippen molar-refractivity contribution < 1.29 is 9.53 Å². The third-order valence-corrected chi connectivity index (χ3v) is 5.89. The largest absolute Gasteiger partial charge is 0.376 e. The summed E-state index contributed by atoms with van der Waals surface area (Å²) in [5.74, 6) is 1.98. The predicted molar refractivity (Wildman–Crippen MR) is 105 cm³/mol. The van der Waals surface area contributed by atoms with Gasteiger partial charge in [-0.15, -0.1) is 0 Å². The molecule has 148 valence electrons. The van der Waals surface area contributed by atoms with E-state index in [1.54, 1.807) is 0 Å². The molecule has 2 fully saturated rings. The summed E-state index contributed by atoms with van der Waals surface area (Å²) < 4.78 is 5.75. The molecule has 0 aromatic carbocycles. The van der Waals surface area contributed by atoms with Gasteiger partial charge in [-0.25, -0.2) is 9.97 Å². The lowest BCUT2D eigenvalue weighted by molar-refractivity contribution is -0.136. The first kappa shape index (κ1) is 18.7. The third-order valence-electron chi connectivity index (χ3n) is 5.89. The Morgan fingerprint density at radius 2 is 2.07 bits per heavy atom. The molecule has 1 amide bonds. The van der Waals surface area contributed by atoms with Gasteiger partial charge in [0, 0.05) is 37.6 Å². The third kappa shape index (κ3) is 3.82. The fraction of sp³-hybridized carbons (Fsp3) is 0.762. The quantitative estimate of drug-likeness (QED) is 0.877. The van der Waals surface area contributed by atoms with Crippen LogP contribution in [0.5, 0.6) is 0 Å². The van der Waals surface area contributed by atoms with Crippen molar-refractivity contribution in [3.8, 4) is 0 Å². The van der Waals surface area contributed by atoms with E-state index in [1.807, 2.05) is 6.92 Å². The molecule has 0 saturated carbocycles. The molecule has 1 aromatic rings. The van der Waals surface area contributed by atoms with Crippen LogP contribution in [0.25, 0.3) is 0 Å². The molecule has 0 aliphatic carbocycles. The fourth-order valence-electron chi connectivity index (χ4n) is 4.81. The van der Waals surface area contributed by atoms with Gasteiger partial charge in [0.2, 0.25) is 5.91 Å². The van der Waals surface area contributed by atoms with Crippen molar-refractivity contribution in [3.63, 3.8) is 0 Å². The van der Waals surface area contributed by atoms with Crippen LogP contribution >= 0.6 is 0 Å². The number of anilines is 1. The molecule has 3 aliphatic rings. The van der Waals surface area contributed by atoms with E-state index in [1.165, 1.54) is 0 Å². The number of ether oxygens (including phenoxy) is 1. The Morgan fingerprint density at radius 1 is 1.26 bits per heavy atom. The fourth-order valence-corrected chi connectivity index (χ4v) is 4.81.